The number of halogens is 1. The normalized spacial score (nSPS) is 10.1. The van der Waals surface area contributed by atoms with E-state index >= 15 is 0 Å². The molecule has 0 bridgehead atoms. The molecule has 0 spiro atoms. The number of benzene rings is 2. The van der Waals surface area contributed by atoms with Crippen LogP contribution < -0.4 is 4.90 Å². The standard InChI is InChI=1S/C15H14FNO3/c1-17(14-9-12(18)7-8-13(14)16)15(19)20-10-11-5-3-2-4-6-11/h2-9,18H,10H2,1H3. The molecule has 0 heterocycles. The first-order valence-corrected chi connectivity index (χ1v) is 6.01. The summed E-state index contributed by atoms with van der Waals surface area (Å²) in [5.74, 6) is -0.730. The first-order valence-electron chi connectivity index (χ1n) is 6.01. The zero-order valence-electron chi connectivity index (χ0n) is 10.9. The lowest BCUT2D eigenvalue weighted by molar-refractivity contribution is 0.148. The number of phenolic OH excluding ortho intramolecular Hbond substituents is 1. The Morgan fingerprint density at radius 3 is 2.65 bits per heavy atom. The van der Waals surface area contributed by atoms with E-state index in [0.717, 1.165) is 16.5 Å². The van der Waals surface area contributed by atoms with Crippen LogP contribution in [0.2, 0.25) is 0 Å². The second kappa shape index (κ2) is 6.06. The summed E-state index contributed by atoms with van der Waals surface area (Å²) in [6, 6.07) is 12.6. The maximum absolute atomic E-state index is 13.6. The molecule has 0 fully saturated rings. The van der Waals surface area contributed by atoms with Crippen LogP contribution in [0.1, 0.15) is 5.56 Å². The molecule has 0 aromatic heterocycles. The van der Waals surface area contributed by atoms with Crippen molar-refractivity contribution in [3.05, 3.63) is 59.9 Å². The van der Waals surface area contributed by atoms with Crippen molar-refractivity contribution in [2.75, 3.05) is 11.9 Å². The molecule has 0 aliphatic heterocycles. The number of hydrogen-bond acceptors (Lipinski definition) is 3. The Balaban J connectivity index is 2.03. The van der Waals surface area contributed by atoms with Gasteiger partial charge in [0.05, 0.1) is 5.69 Å². The van der Waals surface area contributed by atoms with Gasteiger partial charge < -0.3 is 9.84 Å². The molecule has 0 saturated heterocycles. The molecule has 2 aromatic rings. The highest BCUT2D eigenvalue weighted by molar-refractivity contribution is 5.87. The van der Waals surface area contributed by atoms with Crippen LogP contribution in [0.25, 0.3) is 0 Å². The van der Waals surface area contributed by atoms with Crippen molar-refractivity contribution < 1.29 is 19.0 Å². The molecule has 20 heavy (non-hydrogen) atoms. The van der Waals surface area contributed by atoms with Gasteiger partial charge in [-0.3, -0.25) is 4.90 Å². The minimum absolute atomic E-state index is 0.0388. The van der Waals surface area contributed by atoms with E-state index in [1.54, 1.807) is 0 Å². The maximum Gasteiger partial charge on any atom is 0.414 e. The molecule has 0 unspecified atom stereocenters. The highest BCUT2D eigenvalue weighted by Crippen LogP contribution is 2.23. The summed E-state index contributed by atoms with van der Waals surface area (Å²) >= 11 is 0. The van der Waals surface area contributed by atoms with Crippen molar-refractivity contribution >= 4 is 11.8 Å². The molecule has 0 aliphatic carbocycles. The van der Waals surface area contributed by atoms with Crippen LogP contribution in [-0.2, 0) is 11.3 Å². The third-order valence-electron chi connectivity index (χ3n) is 2.77. The second-order valence-corrected chi connectivity index (χ2v) is 4.23. The van der Waals surface area contributed by atoms with E-state index in [2.05, 4.69) is 0 Å². The van der Waals surface area contributed by atoms with Gasteiger partial charge in [-0.15, -0.1) is 0 Å². The number of carbonyl (C=O) groups excluding carboxylic acids is 1. The van der Waals surface area contributed by atoms with E-state index in [-0.39, 0.29) is 18.0 Å². The Labute approximate surface area is 116 Å². The zero-order chi connectivity index (χ0) is 14.5. The van der Waals surface area contributed by atoms with Gasteiger partial charge in [0.2, 0.25) is 0 Å². The fourth-order valence-corrected chi connectivity index (χ4v) is 1.67. The number of ether oxygens (including phenoxy) is 1. The highest BCUT2D eigenvalue weighted by atomic mass is 19.1. The summed E-state index contributed by atoms with van der Waals surface area (Å²) in [7, 11) is 1.38. The van der Waals surface area contributed by atoms with Crippen molar-refractivity contribution in [3.8, 4) is 5.75 Å². The minimum Gasteiger partial charge on any atom is -0.508 e. The lowest BCUT2D eigenvalue weighted by atomic mass is 10.2. The van der Waals surface area contributed by atoms with Gasteiger partial charge in [-0.25, -0.2) is 9.18 Å². The third-order valence-corrected chi connectivity index (χ3v) is 2.77. The van der Waals surface area contributed by atoms with Crippen LogP contribution in [0, 0.1) is 5.82 Å². The topological polar surface area (TPSA) is 49.8 Å². The molecular weight excluding hydrogens is 261 g/mol. The average Bonchev–Trinajstić information content (AvgIpc) is 2.47. The Morgan fingerprint density at radius 2 is 1.95 bits per heavy atom. The van der Waals surface area contributed by atoms with Crippen LogP contribution in [-0.4, -0.2) is 18.2 Å². The first-order chi connectivity index (χ1) is 9.58. The summed E-state index contributed by atoms with van der Waals surface area (Å²) in [4.78, 5) is 12.8. The fraction of sp³-hybridized carbons (Fsp3) is 0.133. The summed E-state index contributed by atoms with van der Waals surface area (Å²) in [5.41, 5.74) is 0.800. The van der Waals surface area contributed by atoms with Gasteiger partial charge in [0.15, 0.2) is 0 Å². The predicted molar refractivity (Wildman–Crippen MR) is 73.1 cm³/mol. The predicted octanol–water partition coefficient (Wildman–Crippen LogP) is 3.30. The fourth-order valence-electron chi connectivity index (χ4n) is 1.67. The zero-order valence-corrected chi connectivity index (χ0v) is 10.9. The Hall–Kier alpha value is -2.56. The number of aromatic hydroxyl groups is 1. The van der Waals surface area contributed by atoms with Gasteiger partial charge in [-0.2, -0.15) is 0 Å². The Kier molecular flexibility index (Phi) is 4.20. The van der Waals surface area contributed by atoms with Gasteiger partial charge in [0, 0.05) is 13.1 Å². The average molecular weight is 275 g/mol. The van der Waals surface area contributed by atoms with Crippen molar-refractivity contribution in [1.82, 2.24) is 0 Å². The molecule has 1 amide bonds. The molecular formula is C15H14FNO3. The van der Waals surface area contributed by atoms with E-state index in [0.29, 0.717) is 0 Å². The summed E-state index contributed by atoms with van der Waals surface area (Å²) in [5, 5.41) is 9.33. The number of nitrogens with zero attached hydrogens (tertiary/aromatic N) is 1. The van der Waals surface area contributed by atoms with Crippen LogP contribution in [0.15, 0.2) is 48.5 Å². The Bertz CT molecular complexity index is 601. The van der Waals surface area contributed by atoms with Gasteiger partial charge in [-0.1, -0.05) is 30.3 Å². The third kappa shape index (κ3) is 3.26. The van der Waals surface area contributed by atoms with Gasteiger partial charge >= 0.3 is 6.09 Å². The van der Waals surface area contributed by atoms with E-state index in [1.807, 2.05) is 30.3 Å². The molecule has 104 valence electrons. The molecule has 2 rings (SSSR count). The first kappa shape index (κ1) is 13.9. The molecule has 4 nitrogen and oxygen atoms in total. The van der Waals surface area contributed by atoms with Gasteiger partial charge in [0.25, 0.3) is 0 Å². The molecule has 0 aliphatic rings. The molecule has 0 saturated carbocycles. The molecule has 0 atom stereocenters. The van der Waals surface area contributed by atoms with Crippen molar-refractivity contribution in [2.45, 2.75) is 6.61 Å². The van der Waals surface area contributed by atoms with Crippen LogP contribution >= 0.6 is 0 Å². The molecule has 5 heteroatoms. The number of hydrogen-bond donors (Lipinski definition) is 1. The highest BCUT2D eigenvalue weighted by Gasteiger charge is 2.16. The lowest BCUT2D eigenvalue weighted by Gasteiger charge is -2.18. The van der Waals surface area contributed by atoms with Crippen molar-refractivity contribution in [3.63, 3.8) is 0 Å². The lowest BCUT2D eigenvalue weighted by Crippen LogP contribution is -2.27. The van der Waals surface area contributed by atoms with E-state index in [4.69, 9.17) is 4.74 Å². The number of amides is 1. The van der Waals surface area contributed by atoms with Gasteiger partial charge in [-0.05, 0) is 17.7 Å². The minimum atomic E-state index is -0.696. The number of rotatable bonds is 3. The maximum atomic E-state index is 13.6. The van der Waals surface area contributed by atoms with Crippen molar-refractivity contribution in [1.29, 1.82) is 0 Å². The summed E-state index contributed by atoms with van der Waals surface area (Å²) in [6.07, 6.45) is -0.696. The number of carbonyl (C=O) groups is 1. The van der Waals surface area contributed by atoms with E-state index < -0.39 is 11.9 Å². The van der Waals surface area contributed by atoms with Crippen LogP contribution in [0.4, 0.5) is 14.9 Å². The summed E-state index contributed by atoms with van der Waals surface area (Å²) in [6.45, 7) is 0.102. The Morgan fingerprint density at radius 1 is 1.25 bits per heavy atom. The van der Waals surface area contributed by atoms with Gasteiger partial charge in [0.1, 0.15) is 18.2 Å². The van der Waals surface area contributed by atoms with E-state index in [9.17, 15) is 14.3 Å². The smallest absolute Gasteiger partial charge is 0.414 e. The molecule has 1 N–H and O–H groups in total. The van der Waals surface area contributed by atoms with E-state index in [1.165, 1.54) is 19.2 Å². The SMILES string of the molecule is CN(C(=O)OCc1ccccc1)c1cc(O)ccc1F. The molecule has 2 aromatic carbocycles. The summed E-state index contributed by atoms with van der Waals surface area (Å²) < 4.78 is 18.7. The van der Waals surface area contributed by atoms with Crippen LogP contribution in [0.5, 0.6) is 5.75 Å². The number of anilines is 1. The van der Waals surface area contributed by atoms with Crippen LogP contribution in [0.3, 0.4) is 0 Å². The largest absolute Gasteiger partial charge is 0.508 e. The number of phenols is 1. The quantitative estimate of drug-likeness (QED) is 0.935. The molecule has 0 radical (unpaired) electrons. The van der Waals surface area contributed by atoms with Crippen molar-refractivity contribution in [2.24, 2.45) is 0 Å². The monoisotopic (exact) mass is 275 g/mol. The second-order valence-electron chi connectivity index (χ2n) is 4.23.